The van der Waals surface area contributed by atoms with Gasteiger partial charge in [0, 0.05) is 35.3 Å². The first-order valence-electron chi connectivity index (χ1n) is 15.1. The molecule has 1 saturated heterocycles. The SMILES string of the molecule is CC[C@@H](C(=O)N1CC[C@@H](c2ccccc2OC)C[C@H]1C1CCCCC1)[C@]1(CC)CCCc2[nH]c(C)cc21. The van der Waals surface area contributed by atoms with Crippen LogP contribution in [0.2, 0.25) is 0 Å². The lowest BCUT2D eigenvalue weighted by Gasteiger charge is -2.49. The Bertz CT molecular complexity index is 1070. The number of rotatable bonds is 7. The normalized spacial score (nSPS) is 27.5. The molecule has 5 rings (SSSR count). The van der Waals surface area contributed by atoms with E-state index < -0.39 is 0 Å². The highest BCUT2D eigenvalue weighted by Crippen LogP contribution is 2.49. The van der Waals surface area contributed by atoms with Crippen molar-refractivity contribution in [2.75, 3.05) is 13.7 Å². The maximum atomic E-state index is 14.7. The number of carbonyl (C=O) groups excluding carboxylic acids is 1. The number of para-hydroxylation sites is 1. The summed E-state index contributed by atoms with van der Waals surface area (Å²) in [5.74, 6) is 2.58. The maximum absolute atomic E-state index is 14.7. The van der Waals surface area contributed by atoms with Crippen LogP contribution in [0, 0.1) is 18.8 Å². The maximum Gasteiger partial charge on any atom is 0.226 e. The number of H-pyrrole nitrogens is 1. The van der Waals surface area contributed by atoms with E-state index in [9.17, 15) is 4.79 Å². The highest BCUT2D eigenvalue weighted by Gasteiger charge is 2.48. The van der Waals surface area contributed by atoms with Crippen LogP contribution in [-0.2, 0) is 16.6 Å². The zero-order chi connectivity index (χ0) is 26.0. The zero-order valence-electron chi connectivity index (χ0n) is 23.7. The molecule has 3 aliphatic rings. The first kappa shape index (κ1) is 26.4. The molecule has 202 valence electrons. The van der Waals surface area contributed by atoms with Crippen molar-refractivity contribution in [1.29, 1.82) is 0 Å². The Morgan fingerprint density at radius 2 is 1.92 bits per heavy atom. The summed E-state index contributed by atoms with van der Waals surface area (Å²) >= 11 is 0. The van der Waals surface area contributed by atoms with Gasteiger partial charge >= 0.3 is 0 Å². The summed E-state index contributed by atoms with van der Waals surface area (Å²) < 4.78 is 5.77. The number of nitrogens with one attached hydrogen (secondary N) is 1. The van der Waals surface area contributed by atoms with E-state index in [0.717, 1.165) is 50.8 Å². The molecule has 37 heavy (non-hydrogen) atoms. The molecule has 2 aliphatic carbocycles. The number of methoxy groups -OCH3 is 1. The van der Waals surface area contributed by atoms with Gasteiger partial charge in [0.2, 0.25) is 5.91 Å². The second kappa shape index (κ2) is 11.3. The van der Waals surface area contributed by atoms with E-state index in [0.29, 0.717) is 23.8 Å². The Labute approximate surface area is 224 Å². The van der Waals surface area contributed by atoms with E-state index in [1.807, 2.05) is 0 Å². The third kappa shape index (κ3) is 4.86. The zero-order valence-corrected chi connectivity index (χ0v) is 23.7. The predicted octanol–water partition coefficient (Wildman–Crippen LogP) is 7.70. The number of fused-ring (bicyclic) bond motifs is 1. The van der Waals surface area contributed by atoms with Crippen molar-refractivity contribution in [3.05, 3.63) is 52.8 Å². The molecule has 1 aromatic heterocycles. The first-order chi connectivity index (χ1) is 18.0. The lowest BCUT2D eigenvalue weighted by Crippen LogP contribution is -2.55. The average Bonchev–Trinajstić information content (AvgIpc) is 3.34. The number of hydrogen-bond donors (Lipinski definition) is 1. The van der Waals surface area contributed by atoms with E-state index in [2.05, 4.69) is 61.0 Å². The second-order valence-electron chi connectivity index (χ2n) is 12.1. The molecule has 1 amide bonds. The summed E-state index contributed by atoms with van der Waals surface area (Å²) in [6, 6.07) is 11.3. The van der Waals surface area contributed by atoms with Crippen molar-refractivity contribution in [3.63, 3.8) is 0 Å². The molecule has 4 nitrogen and oxygen atoms in total. The van der Waals surface area contributed by atoms with Gasteiger partial charge in [0.25, 0.3) is 0 Å². The minimum absolute atomic E-state index is 0.0409. The van der Waals surface area contributed by atoms with Crippen LogP contribution in [0.5, 0.6) is 5.75 Å². The van der Waals surface area contributed by atoms with E-state index in [-0.39, 0.29) is 11.3 Å². The third-order valence-electron chi connectivity index (χ3n) is 10.3. The van der Waals surface area contributed by atoms with Crippen molar-refractivity contribution in [2.24, 2.45) is 11.8 Å². The van der Waals surface area contributed by atoms with Gasteiger partial charge in [-0.1, -0.05) is 51.3 Å². The van der Waals surface area contributed by atoms with Crippen LogP contribution in [0.25, 0.3) is 0 Å². The number of hydrogen-bond acceptors (Lipinski definition) is 2. The molecular weight excluding hydrogens is 456 g/mol. The van der Waals surface area contributed by atoms with Crippen LogP contribution in [0.3, 0.4) is 0 Å². The van der Waals surface area contributed by atoms with E-state index >= 15 is 0 Å². The van der Waals surface area contributed by atoms with Gasteiger partial charge in [0.1, 0.15) is 5.75 Å². The largest absolute Gasteiger partial charge is 0.496 e. The number of nitrogens with zero attached hydrogens (tertiary/aromatic N) is 1. The number of amides is 1. The lowest BCUT2D eigenvalue weighted by atomic mass is 9.61. The number of aryl methyl sites for hydroxylation is 2. The third-order valence-corrected chi connectivity index (χ3v) is 10.3. The molecule has 4 atom stereocenters. The minimum Gasteiger partial charge on any atom is -0.496 e. The van der Waals surface area contributed by atoms with Crippen LogP contribution < -0.4 is 4.74 Å². The van der Waals surface area contributed by atoms with Gasteiger partial charge in [-0.25, -0.2) is 0 Å². The van der Waals surface area contributed by atoms with Crippen molar-refractivity contribution in [2.45, 2.75) is 115 Å². The number of aromatic amines is 1. The van der Waals surface area contributed by atoms with Gasteiger partial charge in [0.05, 0.1) is 7.11 Å². The predicted molar refractivity (Wildman–Crippen MR) is 151 cm³/mol. The molecule has 1 aromatic carbocycles. The number of likely N-dealkylation sites (tertiary alicyclic amines) is 1. The highest BCUT2D eigenvalue weighted by molar-refractivity contribution is 5.81. The molecule has 1 N–H and O–H groups in total. The molecule has 0 radical (unpaired) electrons. The molecule has 2 heterocycles. The van der Waals surface area contributed by atoms with Gasteiger partial charge in [-0.15, -0.1) is 0 Å². The average molecular weight is 505 g/mol. The number of ether oxygens (including phenoxy) is 1. The van der Waals surface area contributed by atoms with Crippen molar-refractivity contribution in [1.82, 2.24) is 9.88 Å². The summed E-state index contributed by atoms with van der Waals surface area (Å²) in [4.78, 5) is 20.8. The second-order valence-corrected chi connectivity index (χ2v) is 12.1. The molecule has 1 aliphatic heterocycles. The van der Waals surface area contributed by atoms with Gasteiger partial charge in [0.15, 0.2) is 0 Å². The topological polar surface area (TPSA) is 45.3 Å². The number of piperidine rings is 1. The fourth-order valence-electron chi connectivity index (χ4n) is 8.50. The smallest absolute Gasteiger partial charge is 0.226 e. The molecular formula is C33H48N2O2. The molecule has 2 aromatic rings. The Balaban J connectivity index is 1.47. The van der Waals surface area contributed by atoms with Crippen LogP contribution in [0.15, 0.2) is 30.3 Å². The van der Waals surface area contributed by atoms with Gasteiger partial charge in [-0.2, -0.15) is 0 Å². The summed E-state index contributed by atoms with van der Waals surface area (Å²) in [5.41, 5.74) is 5.35. The Kier molecular flexibility index (Phi) is 8.02. The Morgan fingerprint density at radius 1 is 1.14 bits per heavy atom. The highest BCUT2D eigenvalue weighted by atomic mass is 16.5. The number of aromatic nitrogens is 1. The molecule has 1 saturated carbocycles. The molecule has 0 unspecified atom stereocenters. The standard InChI is InChI=1S/C33H48N2O2/c1-5-27(33(6-2)19-12-16-29-28(33)21-23(3)34-29)32(36)35-20-18-25(26-15-10-11-17-31(26)37-4)22-30(35)24-13-8-7-9-14-24/h10-11,15,17,21,24-25,27,30,34H,5-9,12-14,16,18-20,22H2,1-4H3/t25-,27+,30+,33+/m1/s1. The van der Waals surface area contributed by atoms with Crippen molar-refractivity contribution >= 4 is 5.91 Å². The Hall–Kier alpha value is -2.23. The first-order valence-corrected chi connectivity index (χ1v) is 15.1. The van der Waals surface area contributed by atoms with Crippen molar-refractivity contribution < 1.29 is 9.53 Å². The quantitative estimate of drug-likeness (QED) is 0.420. The fourth-order valence-corrected chi connectivity index (χ4v) is 8.50. The summed E-state index contributed by atoms with van der Waals surface area (Å²) in [6.07, 6.45) is 14.0. The fraction of sp³-hybridized carbons (Fsp3) is 0.667. The van der Waals surface area contributed by atoms with Crippen LogP contribution >= 0.6 is 0 Å². The molecule has 2 fully saturated rings. The monoisotopic (exact) mass is 504 g/mol. The van der Waals surface area contributed by atoms with Gasteiger partial charge in [-0.3, -0.25) is 4.79 Å². The van der Waals surface area contributed by atoms with E-state index in [1.165, 1.54) is 61.0 Å². The lowest BCUT2D eigenvalue weighted by molar-refractivity contribution is -0.144. The van der Waals surface area contributed by atoms with E-state index in [1.54, 1.807) is 7.11 Å². The van der Waals surface area contributed by atoms with Crippen LogP contribution in [0.4, 0.5) is 0 Å². The number of benzene rings is 1. The summed E-state index contributed by atoms with van der Waals surface area (Å²) in [7, 11) is 1.79. The van der Waals surface area contributed by atoms with Gasteiger partial charge < -0.3 is 14.6 Å². The van der Waals surface area contributed by atoms with Gasteiger partial charge in [-0.05, 0) is 99.8 Å². The summed E-state index contributed by atoms with van der Waals surface area (Å²) in [6.45, 7) is 7.62. The number of carbonyl (C=O) groups is 1. The van der Waals surface area contributed by atoms with Crippen molar-refractivity contribution in [3.8, 4) is 5.75 Å². The summed E-state index contributed by atoms with van der Waals surface area (Å²) in [5, 5.41) is 0. The Morgan fingerprint density at radius 3 is 2.65 bits per heavy atom. The van der Waals surface area contributed by atoms with Crippen LogP contribution in [0.1, 0.15) is 113 Å². The molecule has 4 heteroatoms. The molecule has 0 bridgehead atoms. The minimum atomic E-state index is -0.0409. The molecule has 0 spiro atoms. The van der Waals surface area contributed by atoms with Crippen LogP contribution in [-0.4, -0.2) is 35.5 Å². The van der Waals surface area contributed by atoms with E-state index in [4.69, 9.17) is 4.74 Å².